The first kappa shape index (κ1) is 44.1. The normalized spacial score (nSPS) is 17.5. The number of anilines is 2. The second-order valence-electron chi connectivity index (χ2n) is 16.1. The number of fused-ring (bicyclic) bond motifs is 3. The van der Waals surface area contributed by atoms with Crippen LogP contribution in [0.3, 0.4) is 0 Å². The third-order valence-corrected chi connectivity index (χ3v) is 11.3. The lowest BCUT2D eigenvalue weighted by Crippen LogP contribution is -2.31. The van der Waals surface area contributed by atoms with Crippen molar-refractivity contribution >= 4 is 57.9 Å². The van der Waals surface area contributed by atoms with Gasteiger partial charge < -0.3 is 46.2 Å². The number of para-hydroxylation sites is 1. The monoisotopic (exact) mass is 858 g/mol. The molecule has 9 rings (SSSR count). The summed E-state index contributed by atoms with van der Waals surface area (Å²) < 4.78 is 3.97. The summed E-state index contributed by atoms with van der Waals surface area (Å²) in [6.07, 6.45) is 3.55. The minimum Gasteiger partial charge on any atom is -0.394 e. The summed E-state index contributed by atoms with van der Waals surface area (Å²) in [5.74, 6) is 0.424. The number of aromatic nitrogens is 6. The van der Waals surface area contributed by atoms with E-state index in [4.69, 9.17) is 15.0 Å². The summed E-state index contributed by atoms with van der Waals surface area (Å²) >= 11 is 0. The molecule has 0 radical (unpaired) electrons. The molecule has 18 heteroatoms. The standard InChI is InChI=1S/C21H26N6O2.C20H22N6O.C4H6O3/c1-11(18-9-16-17(25-18)5-7-22-21(16)29)19-12(2)23-13(3)20(26-19)24-15-6-8-27(10-15)14(4)28;1-11-19(24-12-5-7-21-10-12)26-18-13(3-2-4-16(18)23-11)17-9-14-15(25-17)6-8-22-20(14)27;1-3(5)7-4(2)6/h9,15,25H,1,5-8,10H2,2-4H3,(H,22,29)(H,24,26);2-4,9,12,21,25H,5-8,10H2,1H3,(H,22,27)(H,24,26);1-2H3/t15-;12-;/m11./s1. The number of ether oxygens (including phenoxy) is 1. The quantitative estimate of drug-likeness (QED) is 0.0910. The first-order valence-electron chi connectivity index (χ1n) is 21.2. The van der Waals surface area contributed by atoms with Gasteiger partial charge in [0.15, 0.2) is 0 Å². The molecule has 3 amide bonds. The average molecular weight is 859 g/mol. The Bertz CT molecular complexity index is 2600. The highest BCUT2D eigenvalue weighted by atomic mass is 16.6. The molecular weight excluding hydrogens is 805 g/mol. The van der Waals surface area contributed by atoms with Crippen LogP contribution in [0.4, 0.5) is 11.6 Å². The number of rotatable bonds is 7. The second-order valence-corrected chi connectivity index (χ2v) is 16.1. The number of amides is 3. The molecule has 4 aliphatic rings. The molecule has 8 heterocycles. The Hall–Kier alpha value is -6.95. The zero-order chi connectivity index (χ0) is 44.9. The molecule has 0 aliphatic carbocycles. The minimum atomic E-state index is -0.562. The molecule has 0 saturated carbocycles. The van der Waals surface area contributed by atoms with E-state index in [0.29, 0.717) is 48.3 Å². The van der Waals surface area contributed by atoms with Crippen molar-refractivity contribution in [1.82, 2.24) is 50.8 Å². The van der Waals surface area contributed by atoms with Crippen molar-refractivity contribution in [3.63, 3.8) is 0 Å². The highest BCUT2D eigenvalue weighted by molar-refractivity contribution is 6.00. The number of nitrogens with one attached hydrogen (secondary N) is 7. The Labute approximate surface area is 364 Å². The van der Waals surface area contributed by atoms with Crippen molar-refractivity contribution in [1.29, 1.82) is 0 Å². The third-order valence-electron chi connectivity index (χ3n) is 11.3. The van der Waals surface area contributed by atoms with Crippen LogP contribution in [-0.4, -0.2) is 116 Å². The van der Waals surface area contributed by atoms with Gasteiger partial charge in [-0.15, -0.1) is 0 Å². The highest BCUT2D eigenvalue weighted by Gasteiger charge is 2.27. The van der Waals surface area contributed by atoms with Gasteiger partial charge in [0, 0.05) is 112 Å². The Morgan fingerprint density at radius 1 is 0.762 bits per heavy atom. The molecule has 4 aliphatic heterocycles. The number of carbonyl (C=O) groups is 5. The van der Waals surface area contributed by atoms with Gasteiger partial charge in [-0.25, -0.2) is 15.0 Å². The molecule has 1 aromatic carbocycles. The van der Waals surface area contributed by atoms with E-state index in [1.165, 1.54) is 13.8 Å². The van der Waals surface area contributed by atoms with Gasteiger partial charge in [0.25, 0.3) is 11.8 Å². The Morgan fingerprint density at radius 3 is 2.02 bits per heavy atom. The number of esters is 2. The fourth-order valence-electron chi connectivity index (χ4n) is 8.13. The van der Waals surface area contributed by atoms with Crippen molar-refractivity contribution < 1.29 is 28.7 Å². The molecular formula is C45H54N12O6. The second kappa shape index (κ2) is 19.0. The van der Waals surface area contributed by atoms with E-state index in [-0.39, 0.29) is 23.8 Å². The van der Waals surface area contributed by atoms with Crippen LogP contribution in [0.1, 0.15) is 94.2 Å². The van der Waals surface area contributed by atoms with Crippen LogP contribution in [0.2, 0.25) is 0 Å². The van der Waals surface area contributed by atoms with Crippen molar-refractivity contribution in [3.05, 3.63) is 87.9 Å². The number of nitrogens with zero attached hydrogens (tertiary/aromatic N) is 5. The SMILES string of the molecule is C=C(c1cc2c([nH]1)CCNC2=O)c1nc(N[C@@H]2CCN(C(C)=O)C2)c(C)nc1C.CC(=O)OC(C)=O.Cc1nc2cccc(-c3cc4c([nH]3)CCNC4=O)c2nc1N[C@@H]1CCNC1. The molecule has 2 fully saturated rings. The summed E-state index contributed by atoms with van der Waals surface area (Å²) in [5.41, 5.74) is 11.6. The molecule has 4 aromatic heterocycles. The van der Waals surface area contributed by atoms with Gasteiger partial charge in [-0.3, -0.25) is 29.0 Å². The van der Waals surface area contributed by atoms with Crippen LogP contribution < -0.4 is 26.6 Å². The van der Waals surface area contributed by atoms with E-state index in [9.17, 15) is 24.0 Å². The summed E-state index contributed by atoms with van der Waals surface area (Å²) in [7, 11) is 0. The summed E-state index contributed by atoms with van der Waals surface area (Å²) in [6, 6.07) is 10.3. The summed E-state index contributed by atoms with van der Waals surface area (Å²) in [6.45, 7) is 18.7. The summed E-state index contributed by atoms with van der Waals surface area (Å²) in [5, 5.41) is 16.1. The molecule has 0 bridgehead atoms. The molecule has 5 aromatic rings. The highest BCUT2D eigenvalue weighted by Crippen LogP contribution is 2.31. The van der Waals surface area contributed by atoms with Gasteiger partial charge in [0.1, 0.15) is 17.2 Å². The van der Waals surface area contributed by atoms with Crippen LogP contribution in [-0.2, 0) is 32.0 Å². The maximum absolute atomic E-state index is 12.1. The van der Waals surface area contributed by atoms with Crippen LogP contribution >= 0.6 is 0 Å². The first-order chi connectivity index (χ1) is 30.1. The Balaban J connectivity index is 0.000000165. The van der Waals surface area contributed by atoms with Crippen molar-refractivity contribution in [2.75, 3.05) is 49.9 Å². The summed E-state index contributed by atoms with van der Waals surface area (Å²) in [4.78, 5) is 83.1. The predicted molar refractivity (Wildman–Crippen MR) is 238 cm³/mol. The number of likely N-dealkylation sites (tertiary alicyclic amines) is 1. The fourth-order valence-corrected chi connectivity index (χ4v) is 8.13. The molecule has 63 heavy (non-hydrogen) atoms. The van der Waals surface area contributed by atoms with Crippen molar-refractivity contribution in [2.45, 2.75) is 79.3 Å². The molecule has 0 spiro atoms. The minimum absolute atomic E-state index is 0.0167. The van der Waals surface area contributed by atoms with Gasteiger partial charge in [0.2, 0.25) is 5.91 Å². The lowest BCUT2D eigenvalue weighted by molar-refractivity contribution is -0.156. The van der Waals surface area contributed by atoms with Crippen LogP contribution in [0.15, 0.2) is 36.9 Å². The van der Waals surface area contributed by atoms with Gasteiger partial charge in [-0.05, 0) is 58.4 Å². The number of aryl methyl sites for hydroxylation is 3. The fraction of sp³-hybridized carbons (Fsp3) is 0.400. The van der Waals surface area contributed by atoms with Crippen molar-refractivity contribution in [3.8, 4) is 11.3 Å². The van der Waals surface area contributed by atoms with Crippen LogP contribution in [0.5, 0.6) is 0 Å². The van der Waals surface area contributed by atoms with E-state index in [2.05, 4.69) is 52.9 Å². The smallest absolute Gasteiger partial charge is 0.310 e. The van der Waals surface area contributed by atoms with E-state index >= 15 is 0 Å². The molecule has 0 unspecified atom stereocenters. The molecule has 7 N–H and O–H groups in total. The zero-order valence-electron chi connectivity index (χ0n) is 36.5. The zero-order valence-corrected chi connectivity index (χ0v) is 36.5. The molecule has 2 atom stereocenters. The first-order valence-corrected chi connectivity index (χ1v) is 21.2. The number of hydrogen-bond donors (Lipinski definition) is 7. The Morgan fingerprint density at radius 2 is 1.41 bits per heavy atom. The predicted octanol–water partition coefficient (Wildman–Crippen LogP) is 3.89. The lowest BCUT2D eigenvalue weighted by Gasteiger charge is -2.18. The van der Waals surface area contributed by atoms with Crippen LogP contribution in [0, 0.1) is 20.8 Å². The number of benzene rings is 1. The maximum Gasteiger partial charge on any atom is 0.310 e. The topological polar surface area (TPSA) is 241 Å². The lowest BCUT2D eigenvalue weighted by atomic mass is 10.1. The molecule has 330 valence electrons. The van der Waals surface area contributed by atoms with E-state index in [1.54, 1.807) is 6.92 Å². The van der Waals surface area contributed by atoms with Gasteiger partial charge in [0.05, 0.1) is 39.4 Å². The molecule has 18 nitrogen and oxygen atoms in total. The average Bonchev–Trinajstić information content (AvgIpc) is 4.07. The van der Waals surface area contributed by atoms with Gasteiger partial charge in [-0.1, -0.05) is 18.7 Å². The number of carbonyl (C=O) groups excluding carboxylic acids is 5. The van der Waals surface area contributed by atoms with Gasteiger partial charge >= 0.3 is 11.9 Å². The third kappa shape index (κ3) is 10.2. The van der Waals surface area contributed by atoms with E-state index in [1.807, 2.05) is 56.0 Å². The largest absolute Gasteiger partial charge is 0.394 e. The molecule has 2 saturated heterocycles. The van der Waals surface area contributed by atoms with Crippen LogP contribution in [0.25, 0.3) is 27.9 Å². The Kier molecular flexibility index (Phi) is 13.3. The van der Waals surface area contributed by atoms with Gasteiger partial charge in [-0.2, -0.15) is 0 Å². The van der Waals surface area contributed by atoms with E-state index in [0.717, 1.165) is 113 Å². The van der Waals surface area contributed by atoms with Crippen molar-refractivity contribution in [2.24, 2.45) is 0 Å². The van der Waals surface area contributed by atoms with E-state index < -0.39 is 11.9 Å². The number of aromatic amines is 2. The number of hydrogen-bond acceptors (Lipinski definition) is 13. The maximum atomic E-state index is 12.1. The number of H-pyrrole nitrogens is 2.